The van der Waals surface area contributed by atoms with E-state index in [4.69, 9.17) is 0 Å². The number of aromatic amines is 1. The lowest BCUT2D eigenvalue weighted by Gasteiger charge is -2.34. The van der Waals surface area contributed by atoms with Gasteiger partial charge in [-0.1, -0.05) is 42.5 Å². The molecule has 1 atom stereocenters. The number of nitrogens with one attached hydrogen (secondary N) is 1. The van der Waals surface area contributed by atoms with Crippen LogP contribution in [0.4, 0.5) is 0 Å². The fourth-order valence-electron chi connectivity index (χ4n) is 4.06. The van der Waals surface area contributed by atoms with Gasteiger partial charge in [-0.15, -0.1) is 0 Å². The summed E-state index contributed by atoms with van der Waals surface area (Å²) in [6, 6.07) is 12.7. The van der Waals surface area contributed by atoms with Crippen LogP contribution < -0.4 is 0 Å². The molecule has 1 amide bonds. The van der Waals surface area contributed by atoms with E-state index in [0.717, 1.165) is 27.6 Å². The Morgan fingerprint density at radius 3 is 2.81 bits per heavy atom. The third-order valence-electron chi connectivity index (χ3n) is 5.46. The van der Waals surface area contributed by atoms with Gasteiger partial charge in [0, 0.05) is 30.1 Å². The summed E-state index contributed by atoms with van der Waals surface area (Å²) in [5.74, 6) is -1.09. The first-order valence-corrected chi connectivity index (χ1v) is 9.22. The number of carboxylic acid groups (broad SMARTS) is 1. The van der Waals surface area contributed by atoms with E-state index in [1.807, 2.05) is 36.5 Å². The third-order valence-corrected chi connectivity index (χ3v) is 5.46. The predicted octanol–water partition coefficient (Wildman–Crippen LogP) is 3.62. The van der Waals surface area contributed by atoms with E-state index in [1.165, 1.54) is 10.5 Å². The van der Waals surface area contributed by atoms with E-state index in [9.17, 15) is 14.7 Å². The van der Waals surface area contributed by atoms with Crippen molar-refractivity contribution >= 4 is 22.8 Å². The number of carbonyl (C=O) groups is 2. The quantitative estimate of drug-likeness (QED) is 0.744. The van der Waals surface area contributed by atoms with Crippen molar-refractivity contribution in [2.45, 2.75) is 32.2 Å². The van der Waals surface area contributed by atoms with Crippen LogP contribution in [0.5, 0.6) is 0 Å². The van der Waals surface area contributed by atoms with Gasteiger partial charge in [0.05, 0.1) is 0 Å². The maximum atomic E-state index is 12.9. The van der Waals surface area contributed by atoms with Gasteiger partial charge in [-0.3, -0.25) is 4.79 Å². The molecule has 3 aromatic rings. The summed E-state index contributed by atoms with van der Waals surface area (Å²) >= 11 is 0. The fourth-order valence-corrected chi connectivity index (χ4v) is 4.06. The molecular formula is C22H22N2O3. The van der Waals surface area contributed by atoms with Crippen LogP contribution in [0.2, 0.25) is 0 Å². The number of nitrogens with zero attached hydrogens (tertiary/aromatic N) is 1. The number of fused-ring (bicyclic) bond motifs is 2. The van der Waals surface area contributed by atoms with Gasteiger partial charge in [0.25, 0.3) is 0 Å². The molecule has 4 rings (SSSR count). The van der Waals surface area contributed by atoms with Gasteiger partial charge in [0.15, 0.2) is 6.04 Å². The molecule has 2 aromatic carbocycles. The minimum Gasteiger partial charge on any atom is -0.479 e. The van der Waals surface area contributed by atoms with Gasteiger partial charge in [0.2, 0.25) is 5.91 Å². The molecule has 5 heteroatoms. The summed E-state index contributed by atoms with van der Waals surface area (Å²) in [7, 11) is 0. The second kappa shape index (κ2) is 6.91. The molecule has 1 unspecified atom stereocenters. The van der Waals surface area contributed by atoms with Crippen molar-refractivity contribution in [1.29, 1.82) is 0 Å². The third kappa shape index (κ3) is 3.10. The number of amides is 1. The number of carboxylic acids is 1. The summed E-state index contributed by atoms with van der Waals surface area (Å²) in [5.41, 5.74) is 5.10. The Labute approximate surface area is 157 Å². The van der Waals surface area contributed by atoms with Crippen LogP contribution in [0.3, 0.4) is 0 Å². The van der Waals surface area contributed by atoms with Crippen LogP contribution >= 0.6 is 0 Å². The van der Waals surface area contributed by atoms with Crippen LogP contribution in [0.15, 0.2) is 48.7 Å². The highest BCUT2D eigenvalue weighted by molar-refractivity contribution is 5.88. The fraction of sp³-hybridized carbons (Fsp3) is 0.273. The Morgan fingerprint density at radius 2 is 2.00 bits per heavy atom. The SMILES string of the molecule is Cc1cccc2c(CCC(=O)N3CCc4ccccc4C3C(=O)O)c[nH]c12. The minimum atomic E-state index is -0.974. The lowest BCUT2D eigenvalue weighted by Crippen LogP contribution is -2.43. The zero-order chi connectivity index (χ0) is 19.0. The Kier molecular flexibility index (Phi) is 4.44. The number of rotatable bonds is 4. The van der Waals surface area contributed by atoms with Crippen molar-refractivity contribution in [3.63, 3.8) is 0 Å². The van der Waals surface area contributed by atoms with E-state index < -0.39 is 12.0 Å². The number of para-hydroxylation sites is 1. The first-order valence-electron chi connectivity index (χ1n) is 9.22. The van der Waals surface area contributed by atoms with E-state index in [1.54, 1.807) is 0 Å². The summed E-state index contributed by atoms with van der Waals surface area (Å²) in [5, 5.41) is 10.9. The van der Waals surface area contributed by atoms with E-state index >= 15 is 0 Å². The molecule has 0 aliphatic carbocycles. The van der Waals surface area contributed by atoms with Crippen LogP contribution in [0, 0.1) is 6.92 Å². The lowest BCUT2D eigenvalue weighted by molar-refractivity contribution is -0.151. The molecule has 0 spiro atoms. The van der Waals surface area contributed by atoms with Gasteiger partial charge >= 0.3 is 5.97 Å². The van der Waals surface area contributed by atoms with Crippen LogP contribution in [-0.4, -0.2) is 33.4 Å². The van der Waals surface area contributed by atoms with E-state index in [0.29, 0.717) is 25.8 Å². The number of hydrogen-bond donors (Lipinski definition) is 2. The first-order chi connectivity index (χ1) is 13.1. The number of benzene rings is 2. The van der Waals surface area contributed by atoms with Crippen LogP contribution in [0.1, 0.15) is 34.7 Å². The zero-order valence-corrected chi connectivity index (χ0v) is 15.2. The van der Waals surface area contributed by atoms with Gasteiger partial charge in [-0.25, -0.2) is 4.79 Å². The Morgan fingerprint density at radius 1 is 1.19 bits per heavy atom. The molecule has 138 valence electrons. The molecule has 0 radical (unpaired) electrons. The summed E-state index contributed by atoms with van der Waals surface area (Å²) in [6.45, 7) is 2.50. The Balaban J connectivity index is 1.54. The van der Waals surface area contributed by atoms with Crippen molar-refractivity contribution in [2.75, 3.05) is 6.54 Å². The topological polar surface area (TPSA) is 73.4 Å². The molecule has 2 heterocycles. The van der Waals surface area contributed by atoms with Gasteiger partial charge in [-0.05, 0) is 42.0 Å². The van der Waals surface area contributed by atoms with Crippen LogP contribution in [-0.2, 0) is 22.4 Å². The standard InChI is InChI=1S/C22H22N2O3/c1-14-5-4-8-17-16(13-23-20(14)17)9-10-19(25)24-12-11-15-6-2-3-7-18(15)21(24)22(26)27/h2-8,13,21,23H,9-12H2,1H3,(H,26,27). The van der Waals surface area contributed by atoms with Gasteiger partial charge in [-0.2, -0.15) is 0 Å². The summed E-state index contributed by atoms with van der Waals surface area (Å²) in [4.78, 5) is 29.6. The molecule has 0 bridgehead atoms. The zero-order valence-electron chi connectivity index (χ0n) is 15.2. The van der Waals surface area contributed by atoms with Crippen molar-refractivity contribution in [2.24, 2.45) is 0 Å². The largest absolute Gasteiger partial charge is 0.479 e. The number of aromatic nitrogens is 1. The summed E-state index contributed by atoms with van der Waals surface area (Å²) in [6.07, 6.45) is 3.53. The predicted molar refractivity (Wildman–Crippen MR) is 104 cm³/mol. The molecular weight excluding hydrogens is 340 g/mol. The van der Waals surface area contributed by atoms with Crippen LogP contribution in [0.25, 0.3) is 10.9 Å². The first kappa shape index (κ1) is 17.3. The normalized spacial score (nSPS) is 16.3. The molecule has 0 saturated carbocycles. The Bertz CT molecular complexity index is 1020. The van der Waals surface area contributed by atoms with Crippen molar-refractivity contribution in [1.82, 2.24) is 9.88 Å². The molecule has 0 fully saturated rings. The second-order valence-electron chi connectivity index (χ2n) is 7.09. The highest BCUT2D eigenvalue weighted by atomic mass is 16.4. The van der Waals surface area contributed by atoms with Crippen molar-refractivity contribution < 1.29 is 14.7 Å². The number of carbonyl (C=O) groups excluding carboxylic acids is 1. The number of hydrogen-bond acceptors (Lipinski definition) is 2. The molecule has 2 N–H and O–H groups in total. The van der Waals surface area contributed by atoms with Crippen molar-refractivity contribution in [3.05, 3.63) is 70.9 Å². The van der Waals surface area contributed by atoms with E-state index in [2.05, 4.69) is 24.0 Å². The molecule has 5 nitrogen and oxygen atoms in total. The maximum absolute atomic E-state index is 12.9. The molecule has 1 aliphatic rings. The number of aliphatic carboxylic acids is 1. The highest BCUT2D eigenvalue weighted by Gasteiger charge is 2.35. The molecule has 1 aromatic heterocycles. The smallest absolute Gasteiger partial charge is 0.331 e. The summed E-state index contributed by atoms with van der Waals surface area (Å²) < 4.78 is 0. The Hall–Kier alpha value is -3.08. The van der Waals surface area contributed by atoms with Crippen molar-refractivity contribution in [3.8, 4) is 0 Å². The maximum Gasteiger partial charge on any atom is 0.331 e. The molecule has 1 aliphatic heterocycles. The second-order valence-corrected chi connectivity index (χ2v) is 7.09. The average molecular weight is 362 g/mol. The number of aryl methyl sites for hydroxylation is 2. The monoisotopic (exact) mass is 362 g/mol. The minimum absolute atomic E-state index is 0.112. The molecule has 27 heavy (non-hydrogen) atoms. The van der Waals surface area contributed by atoms with E-state index in [-0.39, 0.29) is 5.91 Å². The number of H-pyrrole nitrogens is 1. The van der Waals surface area contributed by atoms with Gasteiger partial charge in [0.1, 0.15) is 0 Å². The highest BCUT2D eigenvalue weighted by Crippen LogP contribution is 2.31. The lowest BCUT2D eigenvalue weighted by atomic mass is 9.92. The molecule has 0 saturated heterocycles. The average Bonchev–Trinajstić information content (AvgIpc) is 3.09. The van der Waals surface area contributed by atoms with Gasteiger partial charge < -0.3 is 15.0 Å².